The Morgan fingerprint density at radius 3 is 2.29 bits per heavy atom. The maximum atomic E-state index is 11.9. The van der Waals surface area contributed by atoms with Crippen LogP contribution in [-0.4, -0.2) is 12.5 Å². The summed E-state index contributed by atoms with van der Waals surface area (Å²) in [5.74, 6) is 0.0102. The van der Waals surface area contributed by atoms with E-state index in [4.69, 9.17) is 0 Å². The Balaban J connectivity index is 1.83. The number of anilines is 2. The lowest BCUT2D eigenvalue weighted by Crippen LogP contribution is -2.16. The number of carbonyl (C=O) groups excluding carboxylic acids is 1. The molecule has 0 radical (unpaired) electrons. The van der Waals surface area contributed by atoms with Crippen LogP contribution in [0.25, 0.3) is 0 Å². The van der Waals surface area contributed by atoms with E-state index < -0.39 is 0 Å². The van der Waals surface area contributed by atoms with Crippen LogP contribution in [0.3, 0.4) is 0 Å². The van der Waals surface area contributed by atoms with Crippen LogP contribution < -0.4 is 10.6 Å². The standard InChI is InChI=1S/C17H19BrN2O/c1-12-4-3-5-13(2)17(12)19-11-10-16(21)20-15-8-6-14(18)7-9-15/h3-9,19H,10-11H2,1-2H3,(H,20,21). The summed E-state index contributed by atoms with van der Waals surface area (Å²) in [6, 6.07) is 13.7. The van der Waals surface area contributed by atoms with Crippen molar-refractivity contribution in [2.75, 3.05) is 17.2 Å². The first-order valence-corrected chi connectivity index (χ1v) is 7.71. The van der Waals surface area contributed by atoms with E-state index >= 15 is 0 Å². The molecule has 0 unspecified atom stereocenters. The second-order valence-electron chi connectivity index (χ2n) is 5.00. The van der Waals surface area contributed by atoms with Gasteiger partial charge in [-0.05, 0) is 49.2 Å². The number of rotatable bonds is 5. The smallest absolute Gasteiger partial charge is 0.226 e. The highest BCUT2D eigenvalue weighted by Gasteiger charge is 2.04. The van der Waals surface area contributed by atoms with Gasteiger partial charge in [-0.1, -0.05) is 34.1 Å². The summed E-state index contributed by atoms with van der Waals surface area (Å²) < 4.78 is 0.997. The largest absolute Gasteiger partial charge is 0.384 e. The minimum Gasteiger partial charge on any atom is -0.384 e. The zero-order chi connectivity index (χ0) is 15.2. The fourth-order valence-corrected chi connectivity index (χ4v) is 2.42. The number of benzene rings is 2. The molecule has 0 saturated carbocycles. The summed E-state index contributed by atoms with van der Waals surface area (Å²) >= 11 is 3.37. The van der Waals surface area contributed by atoms with E-state index in [2.05, 4.69) is 52.5 Å². The van der Waals surface area contributed by atoms with Gasteiger partial charge in [-0.15, -0.1) is 0 Å². The molecule has 0 fully saturated rings. The number of aryl methyl sites for hydroxylation is 2. The molecule has 110 valence electrons. The number of carbonyl (C=O) groups is 1. The maximum absolute atomic E-state index is 11.9. The van der Waals surface area contributed by atoms with Crippen LogP contribution in [-0.2, 0) is 4.79 Å². The highest BCUT2D eigenvalue weighted by Crippen LogP contribution is 2.19. The predicted molar refractivity (Wildman–Crippen MR) is 91.8 cm³/mol. The SMILES string of the molecule is Cc1cccc(C)c1NCCC(=O)Nc1ccc(Br)cc1. The molecule has 0 heterocycles. The van der Waals surface area contributed by atoms with Crippen molar-refractivity contribution in [1.82, 2.24) is 0 Å². The van der Waals surface area contributed by atoms with Gasteiger partial charge in [0.05, 0.1) is 0 Å². The van der Waals surface area contributed by atoms with Gasteiger partial charge < -0.3 is 10.6 Å². The van der Waals surface area contributed by atoms with Gasteiger partial charge in [0.1, 0.15) is 0 Å². The lowest BCUT2D eigenvalue weighted by molar-refractivity contribution is -0.115. The van der Waals surface area contributed by atoms with Crippen molar-refractivity contribution in [3.05, 3.63) is 58.1 Å². The number of nitrogens with one attached hydrogen (secondary N) is 2. The fourth-order valence-electron chi connectivity index (χ4n) is 2.15. The summed E-state index contributed by atoms with van der Waals surface area (Å²) in [5, 5.41) is 6.22. The summed E-state index contributed by atoms with van der Waals surface area (Å²) in [6.07, 6.45) is 0.434. The van der Waals surface area contributed by atoms with Crippen molar-refractivity contribution in [1.29, 1.82) is 0 Å². The van der Waals surface area contributed by atoms with Crippen LogP contribution in [0, 0.1) is 13.8 Å². The van der Waals surface area contributed by atoms with Gasteiger partial charge in [-0.3, -0.25) is 4.79 Å². The lowest BCUT2D eigenvalue weighted by Gasteiger charge is -2.12. The van der Waals surface area contributed by atoms with Gasteiger partial charge in [0, 0.05) is 28.8 Å². The van der Waals surface area contributed by atoms with Crippen LogP contribution in [0.15, 0.2) is 46.9 Å². The highest BCUT2D eigenvalue weighted by molar-refractivity contribution is 9.10. The Bertz CT molecular complexity index is 603. The van der Waals surface area contributed by atoms with Crippen LogP contribution >= 0.6 is 15.9 Å². The van der Waals surface area contributed by atoms with Crippen molar-refractivity contribution in [3.8, 4) is 0 Å². The third-order valence-corrected chi connectivity index (χ3v) is 3.79. The third kappa shape index (κ3) is 4.60. The first-order chi connectivity index (χ1) is 10.1. The Kier molecular flexibility index (Phi) is 5.39. The summed E-state index contributed by atoms with van der Waals surface area (Å²) in [4.78, 5) is 11.9. The van der Waals surface area contributed by atoms with Crippen molar-refractivity contribution in [2.24, 2.45) is 0 Å². The minimum absolute atomic E-state index is 0.0102. The van der Waals surface area contributed by atoms with E-state index in [0.29, 0.717) is 13.0 Å². The summed E-state index contributed by atoms with van der Waals surface area (Å²) in [6.45, 7) is 4.75. The number of halogens is 1. The van der Waals surface area contributed by atoms with Crippen LogP contribution in [0.1, 0.15) is 17.5 Å². The molecule has 2 N–H and O–H groups in total. The fraction of sp³-hybridized carbons (Fsp3) is 0.235. The zero-order valence-electron chi connectivity index (χ0n) is 12.2. The molecular formula is C17H19BrN2O. The molecule has 0 aliphatic rings. The van der Waals surface area contributed by atoms with Gasteiger partial charge in [0.25, 0.3) is 0 Å². The molecule has 2 aromatic carbocycles. The molecule has 0 aliphatic heterocycles. The number of hydrogen-bond donors (Lipinski definition) is 2. The molecule has 0 atom stereocenters. The first kappa shape index (κ1) is 15.6. The van der Waals surface area contributed by atoms with E-state index in [1.807, 2.05) is 30.3 Å². The molecule has 21 heavy (non-hydrogen) atoms. The molecule has 0 aliphatic carbocycles. The zero-order valence-corrected chi connectivity index (χ0v) is 13.8. The van der Waals surface area contributed by atoms with Crippen molar-refractivity contribution in [2.45, 2.75) is 20.3 Å². The molecule has 4 heteroatoms. The molecular weight excluding hydrogens is 328 g/mol. The van der Waals surface area contributed by atoms with Crippen molar-refractivity contribution in [3.63, 3.8) is 0 Å². The highest BCUT2D eigenvalue weighted by atomic mass is 79.9. The van der Waals surface area contributed by atoms with Crippen molar-refractivity contribution >= 4 is 33.2 Å². The molecule has 0 spiro atoms. The van der Waals surface area contributed by atoms with E-state index in [1.54, 1.807) is 0 Å². The lowest BCUT2D eigenvalue weighted by atomic mass is 10.1. The van der Waals surface area contributed by atoms with Gasteiger partial charge in [-0.2, -0.15) is 0 Å². The monoisotopic (exact) mass is 346 g/mol. The van der Waals surface area contributed by atoms with E-state index in [1.165, 1.54) is 11.1 Å². The molecule has 2 rings (SSSR count). The van der Waals surface area contributed by atoms with E-state index in [0.717, 1.165) is 15.8 Å². The predicted octanol–water partition coefficient (Wildman–Crippen LogP) is 4.51. The first-order valence-electron chi connectivity index (χ1n) is 6.92. The molecule has 1 amide bonds. The average molecular weight is 347 g/mol. The Morgan fingerprint density at radius 2 is 1.67 bits per heavy atom. The van der Waals surface area contributed by atoms with E-state index in [9.17, 15) is 4.79 Å². The summed E-state index contributed by atoms with van der Waals surface area (Å²) in [5.41, 5.74) is 4.33. The molecule has 2 aromatic rings. The third-order valence-electron chi connectivity index (χ3n) is 3.26. The number of amides is 1. The Hall–Kier alpha value is -1.81. The van der Waals surface area contributed by atoms with Gasteiger partial charge >= 0.3 is 0 Å². The van der Waals surface area contributed by atoms with Gasteiger partial charge in [-0.25, -0.2) is 0 Å². The van der Waals surface area contributed by atoms with Crippen molar-refractivity contribution < 1.29 is 4.79 Å². The average Bonchev–Trinajstić information content (AvgIpc) is 2.45. The maximum Gasteiger partial charge on any atom is 0.226 e. The molecule has 0 aromatic heterocycles. The number of para-hydroxylation sites is 1. The quantitative estimate of drug-likeness (QED) is 0.836. The minimum atomic E-state index is 0.0102. The second kappa shape index (κ2) is 7.27. The number of hydrogen-bond acceptors (Lipinski definition) is 2. The topological polar surface area (TPSA) is 41.1 Å². The Morgan fingerprint density at radius 1 is 1.05 bits per heavy atom. The van der Waals surface area contributed by atoms with E-state index in [-0.39, 0.29) is 5.91 Å². The van der Waals surface area contributed by atoms with Crippen LogP contribution in [0.5, 0.6) is 0 Å². The molecule has 0 saturated heterocycles. The van der Waals surface area contributed by atoms with Crippen LogP contribution in [0.4, 0.5) is 11.4 Å². The van der Waals surface area contributed by atoms with Gasteiger partial charge in [0.15, 0.2) is 0 Å². The molecule has 3 nitrogen and oxygen atoms in total. The Labute approximate surface area is 133 Å². The summed E-state index contributed by atoms with van der Waals surface area (Å²) in [7, 11) is 0. The normalized spacial score (nSPS) is 10.2. The second-order valence-corrected chi connectivity index (χ2v) is 5.91. The van der Waals surface area contributed by atoms with Crippen LogP contribution in [0.2, 0.25) is 0 Å². The van der Waals surface area contributed by atoms with Gasteiger partial charge in [0.2, 0.25) is 5.91 Å². The molecule has 0 bridgehead atoms.